The summed E-state index contributed by atoms with van der Waals surface area (Å²) >= 11 is 5.97. The number of hydrogen-bond acceptors (Lipinski definition) is 3. The molecule has 5 nitrogen and oxygen atoms in total. The number of nitrogens with one attached hydrogen (secondary N) is 2. The molecule has 0 radical (unpaired) electrons. The average Bonchev–Trinajstić information content (AvgIpc) is 2.95. The molecule has 4 rings (SSSR count). The van der Waals surface area contributed by atoms with E-state index < -0.39 is 0 Å². The summed E-state index contributed by atoms with van der Waals surface area (Å²) in [7, 11) is 0. The lowest BCUT2D eigenvalue weighted by atomic mass is 10.0. The second kappa shape index (κ2) is 7.68. The van der Waals surface area contributed by atoms with Crippen LogP contribution in [0.3, 0.4) is 0 Å². The summed E-state index contributed by atoms with van der Waals surface area (Å²) in [6.45, 7) is 5.59. The molecular weight excluding hydrogens is 372 g/mol. The number of amides is 1. The first-order valence-electron chi connectivity index (χ1n) is 9.43. The first-order valence-corrected chi connectivity index (χ1v) is 9.81. The third-order valence-corrected chi connectivity index (χ3v) is 5.50. The van der Waals surface area contributed by atoms with Crippen molar-refractivity contribution in [2.24, 2.45) is 0 Å². The lowest BCUT2D eigenvalue weighted by Crippen LogP contribution is -2.19. The fourth-order valence-corrected chi connectivity index (χ4v) is 3.72. The van der Waals surface area contributed by atoms with Crippen LogP contribution in [-0.2, 0) is 24.3 Å². The first-order chi connectivity index (χ1) is 13.5. The van der Waals surface area contributed by atoms with Crippen LogP contribution in [0.4, 0.5) is 11.4 Å². The molecule has 2 heterocycles. The third-order valence-electron chi connectivity index (χ3n) is 5.25. The van der Waals surface area contributed by atoms with Gasteiger partial charge < -0.3 is 10.6 Å². The van der Waals surface area contributed by atoms with Gasteiger partial charge in [0.1, 0.15) is 0 Å². The van der Waals surface area contributed by atoms with Gasteiger partial charge in [0.25, 0.3) is 0 Å². The maximum atomic E-state index is 11.5. The molecule has 0 bridgehead atoms. The van der Waals surface area contributed by atoms with E-state index in [-0.39, 0.29) is 5.91 Å². The average molecular weight is 395 g/mol. The van der Waals surface area contributed by atoms with Gasteiger partial charge in [-0.15, -0.1) is 0 Å². The predicted octanol–water partition coefficient (Wildman–Crippen LogP) is 4.70. The first kappa shape index (κ1) is 18.6. The van der Waals surface area contributed by atoms with Crippen LogP contribution < -0.4 is 10.6 Å². The van der Waals surface area contributed by atoms with Crippen LogP contribution >= 0.6 is 11.6 Å². The zero-order chi connectivity index (χ0) is 19.7. The quantitative estimate of drug-likeness (QED) is 0.659. The number of fused-ring (bicyclic) bond motifs is 1. The second-order valence-corrected chi connectivity index (χ2v) is 7.64. The summed E-state index contributed by atoms with van der Waals surface area (Å²) in [6.07, 6.45) is 1.33. The highest BCUT2D eigenvalue weighted by atomic mass is 35.5. The minimum absolute atomic E-state index is 0.0903. The summed E-state index contributed by atoms with van der Waals surface area (Å²) in [5.74, 6) is 0.0903. The fourth-order valence-electron chi connectivity index (χ4n) is 3.59. The van der Waals surface area contributed by atoms with Gasteiger partial charge in [-0.25, -0.2) is 0 Å². The minimum atomic E-state index is 0.0903. The van der Waals surface area contributed by atoms with Crippen molar-refractivity contribution in [3.63, 3.8) is 0 Å². The van der Waals surface area contributed by atoms with E-state index in [0.29, 0.717) is 13.0 Å². The lowest BCUT2D eigenvalue weighted by molar-refractivity contribution is -0.116. The Morgan fingerprint density at radius 2 is 1.93 bits per heavy atom. The van der Waals surface area contributed by atoms with Gasteiger partial charge in [-0.3, -0.25) is 9.48 Å². The molecule has 28 heavy (non-hydrogen) atoms. The molecule has 144 valence electrons. The standard InChI is InChI=1S/C22H23ClN4O/c1-14-20(15(2)27(26-14)13-16-3-6-18(23)7-4-16)12-24-19-8-9-21-17(11-19)5-10-22(28)25-21/h3-4,6-9,11,24H,5,10,12-13H2,1-2H3,(H,25,28). The molecule has 1 aliphatic rings. The molecule has 2 N–H and O–H groups in total. The molecule has 0 atom stereocenters. The van der Waals surface area contributed by atoms with Gasteiger partial charge in [-0.2, -0.15) is 5.10 Å². The minimum Gasteiger partial charge on any atom is -0.381 e. The molecule has 1 aromatic heterocycles. The molecule has 0 saturated carbocycles. The lowest BCUT2D eigenvalue weighted by Gasteiger charge is -2.18. The Morgan fingerprint density at radius 3 is 2.71 bits per heavy atom. The fraction of sp³-hybridized carbons (Fsp3) is 0.273. The van der Waals surface area contributed by atoms with E-state index in [1.165, 1.54) is 16.7 Å². The zero-order valence-electron chi connectivity index (χ0n) is 16.1. The molecule has 1 aliphatic heterocycles. The van der Waals surface area contributed by atoms with Crippen molar-refractivity contribution in [1.82, 2.24) is 9.78 Å². The highest BCUT2D eigenvalue weighted by molar-refractivity contribution is 6.30. The van der Waals surface area contributed by atoms with E-state index in [9.17, 15) is 4.79 Å². The number of nitrogens with zero attached hydrogens (tertiary/aromatic N) is 2. The normalized spacial score (nSPS) is 13.2. The SMILES string of the molecule is Cc1nn(Cc2ccc(Cl)cc2)c(C)c1CNc1ccc2c(c1)CCC(=O)N2. The van der Waals surface area contributed by atoms with Gasteiger partial charge in [-0.05, 0) is 61.7 Å². The van der Waals surface area contributed by atoms with Crippen LogP contribution in [0.2, 0.25) is 5.02 Å². The Hall–Kier alpha value is -2.79. The van der Waals surface area contributed by atoms with Crippen molar-refractivity contribution in [1.29, 1.82) is 0 Å². The van der Waals surface area contributed by atoms with Gasteiger partial charge in [0.05, 0.1) is 12.2 Å². The van der Waals surface area contributed by atoms with Crippen molar-refractivity contribution in [3.05, 3.63) is 75.6 Å². The molecule has 0 spiro atoms. The predicted molar refractivity (Wildman–Crippen MR) is 113 cm³/mol. The summed E-state index contributed by atoms with van der Waals surface area (Å²) in [4.78, 5) is 11.5. The molecule has 3 aromatic rings. The van der Waals surface area contributed by atoms with Crippen molar-refractivity contribution in [2.45, 2.75) is 39.8 Å². The number of carbonyl (C=O) groups is 1. The summed E-state index contributed by atoms with van der Waals surface area (Å²) in [5, 5.41) is 11.9. The van der Waals surface area contributed by atoms with Gasteiger partial charge in [-0.1, -0.05) is 23.7 Å². The van der Waals surface area contributed by atoms with Crippen LogP contribution in [0.25, 0.3) is 0 Å². The Balaban J connectivity index is 1.47. The Morgan fingerprint density at radius 1 is 1.14 bits per heavy atom. The molecule has 0 fully saturated rings. The number of benzene rings is 2. The van der Waals surface area contributed by atoms with Crippen LogP contribution in [0.15, 0.2) is 42.5 Å². The number of halogens is 1. The van der Waals surface area contributed by atoms with E-state index in [1.807, 2.05) is 48.0 Å². The smallest absolute Gasteiger partial charge is 0.224 e. The van der Waals surface area contributed by atoms with E-state index in [0.717, 1.165) is 40.8 Å². The molecule has 0 aliphatic carbocycles. The van der Waals surface area contributed by atoms with E-state index >= 15 is 0 Å². The number of rotatable bonds is 5. The highest BCUT2D eigenvalue weighted by Gasteiger charge is 2.15. The number of hydrogen-bond donors (Lipinski definition) is 2. The molecule has 0 saturated heterocycles. The number of anilines is 2. The third kappa shape index (κ3) is 3.90. The van der Waals surface area contributed by atoms with Crippen molar-refractivity contribution in [3.8, 4) is 0 Å². The largest absolute Gasteiger partial charge is 0.381 e. The maximum absolute atomic E-state index is 11.5. The monoisotopic (exact) mass is 394 g/mol. The zero-order valence-corrected chi connectivity index (χ0v) is 16.8. The van der Waals surface area contributed by atoms with Gasteiger partial charge >= 0.3 is 0 Å². The number of aryl methyl sites for hydroxylation is 2. The van der Waals surface area contributed by atoms with Gasteiger partial charge in [0.2, 0.25) is 5.91 Å². The summed E-state index contributed by atoms with van der Waals surface area (Å²) in [5.41, 5.74) is 7.72. The van der Waals surface area contributed by atoms with Crippen LogP contribution in [-0.4, -0.2) is 15.7 Å². The van der Waals surface area contributed by atoms with Crippen LogP contribution in [0.5, 0.6) is 0 Å². The topological polar surface area (TPSA) is 59.0 Å². The second-order valence-electron chi connectivity index (χ2n) is 7.21. The van der Waals surface area contributed by atoms with Crippen LogP contribution in [0, 0.1) is 13.8 Å². The van der Waals surface area contributed by atoms with Crippen LogP contribution in [0.1, 0.15) is 34.5 Å². The van der Waals surface area contributed by atoms with Crippen molar-refractivity contribution in [2.75, 3.05) is 10.6 Å². The summed E-state index contributed by atoms with van der Waals surface area (Å²) < 4.78 is 2.04. The van der Waals surface area contributed by atoms with Crippen molar-refractivity contribution >= 4 is 28.9 Å². The highest BCUT2D eigenvalue weighted by Crippen LogP contribution is 2.26. The molecular formula is C22H23ClN4O. The van der Waals surface area contributed by atoms with E-state index in [4.69, 9.17) is 16.7 Å². The Bertz CT molecular complexity index is 1020. The van der Waals surface area contributed by atoms with Gasteiger partial charge in [0.15, 0.2) is 0 Å². The number of carbonyl (C=O) groups excluding carboxylic acids is 1. The Labute approximate surface area is 169 Å². The molecule has 6 heteroatoms. The maximum Gasteiger partial charge on any atom is 0.224 e. The molecule has 2 aromatic carbocycles. The van der Waals surface area contributed by atoms with E-state index in [1.54, 1.807) is 0 Å². The van der Waals surface area contributed by atoms with Crippen molar-refractivity contribution < 1.29 is 4.79 Å². The summed E-state index contributed by atoms with van der Waals surface area (Å²) in [6, 6.07) is 14.0. The molecule has 1 amide bonds. The Kier molecular flexibility index (Phi) is 5.09. The van der Waals surface area contributed by atoms with Gasteiger partial charge in [0, 0.05) is 40.6 Å². The number of aromatic nitrogens is 2. The van der Waals surface area contributed by atoms with E-state index in [2.05, 4.69) is 23.6 Å². The molecule has 0 unspecified atom stereocenters.